The van der Waals surface area contributed by atoms with Gasteiger partial charge in [-0.05, 0) is 49.5 Å². The van der Waals surface area contributed by atoms with E-state index in [0.717, 1.165) is 17.1 Å². The van der Waals surface area contributed by atoms with Crippen molar-refractivity contribution in [2.45, 2.75) is 39.3 Å². The van der Waals surface area contributed by atoms with E-state index in [9.17, 15) is 9.59 Å². The van der Waals surface area contributed by atoms with Gasteiger partial charge in [-0.25, -0.2) is 4.79 Å². The number of halogens is 2. The molecule has 1 aromatic heterocycles. The molecule has 0 saturated carbocycles. The molecule has 25 heavy (non-hydrogen) atoms. The minimum absolute atomic E-state index is 0.316. The minimum atomic E-state index is -0.965. The normalized spacial score (nSPS) is 13.2. The van der Waals surface area contributed by atoms with Crippen molar-refractivity contribution in [1.82, 2.24) is 14.9 Å². The predicted molar refractivity (Wildman–Crippen MR) is 97.2 cm³/mol. The van der Waals surface area contributed by atoms with Gasteiger partial charge in [-0.2, -0.15) is 0 Å². The van der Waals surface area contributed by atoms with Gasteiger partial charge in [-0.15, -0.1) is 5.10 Å². The van der Waals surface area contributed by atoms with Gasteiger partial charge in [-0.1, -0.05) is 40.7 Å². The zero-order valence-corrected chi connectivity index (χ0v) is 16.2. The molecule has 0 spiro atoms. The minimum Gasteiger partial charge on any atom is -0.448 e. The third-order valence-electron chi connectivity index (χ3n) is 3.52. The third-order valence-corrected chi connectivity index (χ3v) is 4.83. The molecule has 2 aromatic rings. The maximum atomic E-state index is 12.3. The van der Waals surface area contributed by atoms with Crippen molar-refractivity contribution < 1.29 is 14.3 Å². The number of carbonyl (C=O) groups is 2. The summed E-state index contributed by atoms with van der Waals surface area (Å²) in [6.07, 6.45) is -0.402. The third kappa shape index (κ3) is 4.90. The Kier molecular flexibility index (Phi) is 6.75. The van der Waals surface area contributed by atoms with Crippen molar-refractivity contribution >= 4 is 46.6 Å². The summed E-state index contributed by atoms with van der Waals surface area (Å²) in [5.41, 5.74) is 1.28. The average molecular weight is 402 g/mol. The van der Waals surface area contributed by atoms with Crippen LogP contribution >= 0.6 is 34.7 Å². The molecule has 0 radical (unpaired) electrons. The van der Waals surface area contributed by atoms with Gasteiger partial charge in [0, 0.05) is 10.0 Å². The number of esters is 1. The number of aromatic nitrogens is 2. The fourth-order valence-electron chi connectivity index (χ4n) is 2.12. The van der Waals surface area contributed by atoms with Crippen molar-refractivity contribution in [2.75, 3.05) is 0 Å². The van der Waals surface area contributed by atoms with E-state index >= 15 is 0 Å². The summed E-state index contributed by atoms with van der Waals surface area (Å²) in [4.78, 5) is 24.7. The predicted octanol–water partition coefficient (Wildman–Crippen LogP) is 3.83. The second kappa shape index (κ2) is 8.60. The SMILES string of the molecule is CCc1nnsc1C(=O)O[C@@H](C)C(=O)N[C@H](C)c1ccc(Cl)cc1Cl. The van der Waals surface area contributed by atoms with E-state index in [1.807, 2.05) is 6.92 Å². The quantitative estimate of drug-likeness (QED) is 0.743. The molecule has 2 atom stereocenters. The maximum absolute atomic E-state index is 12.3. The first-order valence-corrected chi connectivity index (χ1v) is 9.14. The van der Waals surface area contributed by atoms with Crippen molar-refractivity contribution in [1.29, 1.82) is 0 Å². The number of nitrogens with zero attached hydrogens (tertiary/aromatic N) is 2. The summed E-state index contributed by atoms with van der Waals surface area (Å²) < 4.78 is 8.95. The molecular formula is C16H17Cl2N3O3S. The number of nitrogens with one attached hydrogen (secondary N) is 1. The van der Waals surface area contributed by atoms with Crippen molar-refractivity contribution in [3.8, 4) is 0 Å². The summed E-state index contributed by atoms with van der Waals surface area (Å²) in [7, 11) is 0. The van der Waals surface area contributed by atoms with Gasteiger partial charge in [0.1, 0.15) is 0 Å². The summed E-state index contributed by atoms with van der Waals surface area (Å²) >= 11 is 13.0. The molecule has 1 amide bonds. The lowest BCUT2D eigenvalue weighted by atomic mass is 10.1. The molecule has 0 aliphatic carbocycles. The Morgan fingerprint density at radius 2 is 2.04 bits per heavy atom. The molecule has 134 valence electrons. The summed E-state index contributed by atoms with van der Waals surface area (Å²) in [5.74, 6) is -1.03. The molecule has 9 heteroatoms. The number of ether oxygens (including phenoxy) is 1. The van der Waals surface area contributed by atoms with Gasteiger partial charge >= 0.3 is 5.97 Å². The zero-order chi connectivity index (χ0) is 18.6. The van der Waals surface area contributed by atoms with E-state index in [4.69, 9.17) is 27.9 Å². The lowest BCUT2D eigenvalue weighted by Crippen LogP contribution is -2.37. The van der Waals surface area contributed by atoms with Crippen LogP contribution in [0.3, 0.4) is 0 Å². The number of benzene rings is 1. The van der Waals surface area contributed by atoms with E-state index in [1.54, 1.807) is 25.1 Å². The highest BCUT2D eigenvalue weighted by molar-refractivity contribution is 7.07. The highest BCUT2D eigenvalue weighted by atomic mass is 35.5. The first-order valence-electron chi connectivity index (χ1n) is 7.61. The molecule has 0 bridgehead atoms. The Morgan fingerprint density at radius 3 is 2.68 bits per heavy atom. The number of aryl methyl sites for hydroxylation is 1. The van der Waals surface area contributed by atoms with Gasteiger partial charge in [0.15, 0.2) is 11.0 Å². The summed E-state index contributed by atoms with van der Waals surface area (Å²) in [5, 5.41) is 7.58. The molecule has 2 rings (SSSR count). The van der Waals surface area contributed by atoms with E-state index in [0.29, 0.717) is 27.0 Å². The number of amides is 1. The Bertz CT molecular complexity index is 782. The first-order chi connectivity index (χ1) is 11.8. The van der Waals surface area contributed by atoms with Crippen LogP contribution in [-0.4, -0.2) is 27.6 Å². The number of hydrogen-bond acceptors (Lipinski definition) is 6. The molecule has 0 fully saturated rings. The average Bonchev–Trinajstić information content (AvgIpc) is 3.03. The molecule has 1 N–H and O–H groups in total. The Hall–Kier alpha value is -1.70. The molecule has 1 aromatic carbocycles. The van der Waals surface area contributed by atoms with Crippen LogP contribution in [0.25, 0.3) is 0 Å². The second-order valence-electron chi connectivity index (χ2n) is 5.35. The monoisotopic (exact) mass is 401 g/mol. The number of carbonyl (C=O) groups excluding carboxylic acids is 2. The van der Waals surface area contributed by atoms with Crippen LogP contribution in [-0.2, 0) is 16.0 Å². The van der Waals surface area contributed by atoms with E-state index in [2.05, 4.69) is 14.9 Å². The van der Waals surface area contributed by atoms with Crippen LogP contribution in [0.15, 0.2) is 18.2 Å². The van der Waals surface area contributed by atoms with Crippen molar-refractivity contribution in [3.63, 3.8) is 0 Å². The summed E-state index contributed by atoms with van der Waals surface area (Å²) in [6.45, 7) is 5.15. The molecule has 0 aliphatic rings. The van der Waals surface area contributed by atoms with Crippen molar-refractivity contribution in [3.05, 3.63) is 44.4 Å². The van der Waals surface area contributed by atoms with Crippen LogP contribution in [0, 0.1) is 0 Å². The smallest absolute Gasteiger partial charge is 0.352 e. The second-order valence-corrected chi connectivity index (χ2v) is 6.94. The van der Waals surface area contributed by atoms with Gasteiger partial charge in [0.2, 0.25) is 0 Å². The lowest BCUT2D eigenvalue weighted by molar-refractivity contribution is -0.129. The fraction of sp³-hybridized carbons (Fsp3) is 0.375. The molecule has 0 aliphatic heterocycles. The topological polar surface area (TPSA) is 81.2 Å². The lowest BCUT2D eigenvalue weighted by Gasteiger charge is -2.19. The van der Waals surface area contributed by atoms with Crippen molar-refractivity contribution in [2.24, 2.45) is 0 Å². The molecule has 0 unspecified atom stereocenters. The van der Waals surface area contributed by atoms with Gasteiger partial charge in [-0.3, -0.25) is 4.79 Å². The van der Waals surface area contributed by atoms with Crippen LogP contribution < -0.4 is 5.32 Å². The van der Waals surface area contributed by atoms with Crippen LogP contribution in [0.2, 0.25) is 10.0 Å². The molecule has 1 heterocycles. The van der Waals surface area contributed by atoms with Gasteiger partial charge < -0.3 is 10.1 Å². The first kappa shape index (κ1) is 19.6. The molecular weight excluding hydrogens is 385 g/mol. The van der Waals surface area contributed by atoms with Crippen LogP contribution in [0.4, 0.5) is 0 Å². The highest BCUT2D eigenvalue weighted by Crippen LogP contribution is 2.26. The van der Waals surface area contributed by atoms with E-state index in [1.165, 1.54) is 6.92 Å². The number of hydrogen-bond donors (Lipinski definition) is 1. The number of rotatable bonds is 6. The standard InChI is InChI=1S/C16H17Cl2N3O3S/c1-4-13-14(25-21-20-13)16(23)24-9(3)15(22)19-8(2)11-6-5-10(17)7-12(11)18/h5-9H,4H2,1-3H3,(H,19,22)/t8-,9+/m1/s1. The molecule has 6 nitrogen and oxygen atoms in total. The maximum Gasteiger partial charge on any atom is 0.352 e. The Morgan fingerprint density at radius 1 is 1.32 bits per heavy atom. The van der Waals surface area contributed by atoms with Crippen LogP contribution in [0.1, 0.15) is 47.7 Å². The van der Waals surface area contributed by atoms with E-state index in [-0.39, 0.29) is 6.04 Å². The zero-order valence-electron chi connectivity index (χ0n) is 13.9. The fourth-order valence-corrected chi connectivity index (χ4v) is 3.33. The Balaban J connectivity index is 1.99. The Labute approximate surface area is 159 Å². The van der Waals surface area contributed by atoms with Gasteiger partial charge in [0.05, 0.1) is 11.7 Å². The van der Waals surface area contributed by atoms with E-state index < -0.39 is 18.0 Å². The summed E-state index contributed by atoms with van der Waals surface area (Å²) in [6, 6.07) is 4.67. The highest BCUT2D eigenvalue weighted by Gasteiger charge is 2.24. The largest absolute Gasteiger partial charge is 0.448 e. The van der Waals surface area contributed by atoms with Crippen LogP contribution in [0.5, 0.6) is 0 Å². The molecule has 0 saturated heterocycles. The van der Waals surface area contributed by atoms with Gasteiger partial charge in [0.25, 0.3) is 5.91 Å².